The SMILES string of the molecule is Cc1c(Cl)cc(N)c(Cc2ccccc2F)c1F. The average Bonchev–Trinajstić information content (AvgIpc) is 2.34. The number of rotatable bonds is 2. The van der Waals surface area contributed by atoms with Crippen molar-refractivity contribution in [3.8, 4) is 0 Å². The lowest BCUT2D eigenvalue weighted by Crippen LogP contribution is -2.03. The fourth-order valence-corrected chi connectivity index (χ4v) is 2.00. The first-order valence-corrected chi connectivity index (χ1v) is 5.85. The summed E-state index contributed by atoms with van der Waals surface area (Å²) in [5.74, 6) is -0.841. The third-order valence-corrected chi connectivity index (χ3v) is 3.30. The Hall–Kier alpha value is -1.61. The number of nitrogen functional groups attached to an aromatic ring is 1. The van der Waals surface area contributed by atoms with Crippen LogP contribution >= 0.6 is 11.6 Å². The summed E-state index contributed by atoms with van der Waals surface area (Å²) in [6.45, 7) is 1.57. The van der Waals surface area contributed by atoms with E-state index in [1.165, 1.54) is 12.1 Å². The second-order valence-corrected chi connectivity index (χ2v) is 4.54. The molecule has 2 aromatic rings. The molecule has 2 rings (SSSR count). The molecule has 1 nitrogen and oxygen atoms in total. The topological polar surface area (TPSA) is 26.0 Å². The highest BCUT2D eigenvalue weighted by molar-refractivity contribution is 6.31. The first-order chi connectivity index (χ1) is 8.50. The zero-order valence-corrected chi connectivity index (χ0v) is 10.6. The quantitative estimate of drug-likeness (QED) is 0.815. The van der Waals surface area contributed by atoms with E-state index in [-0.39, 0.29) is 28.5 Å². The monoisotopic (exact) mass is 267 g/mol. The number of hydrogen-bond acceptors (Lipinski definition) is 1. The van der Waals surface area contributed by atoms with Gasteiger partial charge in [0, 0.05) is 28.3 Å². The van der Waals surface area contributed by atoms with Crippen LogP contribution < -0.4 is 5.73 Å². The Kier molecular flexibility index (Phi) is 3.53. The standard InChI is InChI=1S/C14H12ClF2N/c1-8-11(15)7-13(18)10(14(8)17)6-9-4-2-3-5-12(9)16/h2-5,7H,6,18H2,1H3. The first-order valence-electron chi connectivity index (χ1n) is 5.47. The molecule has 0 radical (unpaired) electrons. The molecule has 2 N–H and O–H groups in total. The zero-order valence-electron chi connectivity index (χ0n) is 9.81. The lowest BCUT2D eigenvalue weighted by atomic mass is 10.00. The molecule has 0 aliphatic rings. The van der Waals surface area contributed by atoms with Gasteiger partial charge < -0.3 is 5.73 Å². The molecular formula is C14H12ClF2N. The van der Waals surface area contributed by atoms with Gasteiger partial charge in [0.15, 0.2) is 0 Å². The largest absolute Gasteiger partial charge is 0.398 e. The van der Waals surface area contributed by atoms with Gasteiger partial charge >= 0.3 is 0 Å². The van der Waals surface area contributed by atoms with E-state index < -0.39 is 5.82 Å². The van der Waals surface area contributed by atoms with Crippen LogP contribution in [-0.2, 0) is 6.42 Å². The number of benzene rings is 2. The molecule has 0 aromatic heterocycles. The lowest BCUT2D eigenvalue weighted by molar-refractivity contribution is 0.595. The van der Waals surface area contributed by atoms with Crippen molar-refractivity contribution in [3.63, 3.8) is 0 Å². The minimum absolute atomic E-state index is 0.113. The van der Waals surface area contributed by atoms with Crippen LogP contribution in [0, 0.1) is 18.6 Å². The summed E-state index contributed by atoms with van der Waals surface area (Å²) in [5, 5.41) is 0.280. The molecule has 0 heterocycles. The molecule has 0 amide bonds. The Labute approximate surface area is 109 Å². The van der Waals surface area contributed by atoms with Crippen LogP contribution in [0.1, 0.15) is 16.7 Å². The van der Waals surface area contributed by atoms with E-state index in [0.717, 1.165) is 0 Å². The fraction of sp³-hybridized carbons (Fsp3) is 0.143. The predicted molar refractivity (Wildman–Crippen MR) is 69.8 cm³/mol. The van der Waals surface area contributed by atoms with E-state index >= 15 is 0 Å². The van der Waals surface area contributed by atoms with Crippen molar-refractivity contribution >= 4 is 17.3 Å². The van der Waals surface area contributed by atoms with Gasteiger partial charge in [-0.25, -0.2) is 8.78 Å². The molecule has 4 heteroatoms. The zero-order chi connectivity index (χ0) is 13.3. The second-order valence-electron chi connectivity index (χ2n) is 4.13. The van der Waals surface area contributed by atoms with Crippen LogP contribution in [-0.4, -0.2) is 0 Å². The van der Waals surface area contributed by atoms with E-state index in [2.05, 4.69) is 0 Å². The molecule has 0 spiro atoms. The number of anilines is 1. The van der Waals surface area contributed by atoms with Crippen LogP contribution in [0.3, 0.4) is 0 Å². The van der Waals surface area contributed by atoms with E-state index in [4.69, 9.17) is 17.3 Å². The number of hydrogen-bond donors (Lipinski definition) is 1. The van der Waals surface area contributed by atoms with Gasteiger partial charge in [-0.05, 0) is 24.6 Å². The normalized spacial score (nSPS) is 10.7. The molecule has 0 saturated carbocycles. The van der Waals surface area contributed by atoms with Gasteiger partial charge in [-0.1, -0.05) is 29.8 Å². The van der Waals surface area contributed by atoms with Crippen LogP contribution in [0.4, 0.5) is 14.5 Å². The first kappa shape index (κ1) is 12.8. The molecule has 0 unspecified atom stereocenters. The van der Waals surface area contributed by atoms with Crippen LogP contribution in [0.2, 0.25) is 5.02 Å². The van der Waals surface area contributed by atoms with Crippen molar-refractivity contribution in [1.82, 2.24) is 0 Å². The molecule has 0 aliphatic heterocycles. The van der Waals surface area contributed by atoms with Crippen LogP contribution in [0.15, 0.2) is 30.3 Å². The molecule has 0 fully saturated rings. The summed E-state index contributed by atoms with van der Waals surface area (Å²) in [6.07, 6.45) is 0.113. The summed E-state index contributed by atoms with van der Waals surface area (Å²) in [4.78, 5) is 0. The number of nitrogens with two attached hydrogens (primary N) is 1. The van der Waals surface area contributed by atoms with Gasteiger partial charge in [-0.3, -0.25) is 0 Å². The molecule has 0 bridgehead atoms. The Morgan fingerprint density at radius 3 is 2.56 bits per heavy atom. The second kappa shape index (κ2) is 4.94. The van der Waals surface area contributed by atoms with E-state index in [0.29, 0.717) is 11.1 Å². The third-order valence-electron chi connectivity index (χ3n) is 2.91. The van der Waals surface area contributed by atoms with E-state index in [1.807, 2.05) is 0 Å². The highest BCUT2D eigenvalue weighted by atomic mass is 35.5. The highest BCUT2D eigenvalue weighted by Crippen LogP contribution is 2.29. The highest BCUT2D eigenvalue weighted by Gasteiger charge is 2.14. The van der Waals surface area contributed by atoms with E-state index in [1.54, 1.807) is 25.1 Å². The summed E-state index contributed by atoms with van der Waals surface area (Å²) in [7, 11) is 0. The third kappa shape index (κ3) is 2.31. The summed E-state index contributed by atoms with van der Waals surface area (Å²) in [6, 6.07) is 7.74. The molecule has 0 aliphatic carbocycles. The van der Waals surface area contributed by atoms with Crippen molar-refractivity contribution in [2.24, 2.45) is 0 Å². The predicted octanol–water partition coefficient (Wildman–Crippen LogP) is 4.10. The maximum Gasteiger partial charge on any atom is 0.133 e. The van der Waals surface area contributed by atoms with Crippen molar-refractivity contribution in [1.29, 1.82) is 0 Å². The minimum Gasteiger partial charge on any atom is -0.398 e. The number of halogens is 3. The van der Waals surface area contributed by atoms with Crippen molar-refractivity contribution in [2.75, 3.05) is 5.73 Å². The molecular weight excluding hydrogens is 256 g/mol. The molecule has 0 saturated heterocycles. The Morgan fingerprint density at radius 2 is 1.89 bits per heavy atom. The van der Waals surface area contributed by atoms with Gasteiger partial charge in [0.05, 0.1) is 0 Å². The summed E-state index contributed by atoms with van der Waals surface area (Å²) in [5.41, 5.74) is 7.00. The van der Waals surface area contributed by atoms with Crippen molar-refractivity contribution in [3.05, 3.63) is 63.7 Å². The summed E-state index contributed by atoms with van der Waals surface area (Å²) < 4.78 is 27.6. The van der Waals surface area contributed by atoms with E-state index in [9.17, 15) is 8.78 Å². The Balaban J connectivity index is 2.47. The van der Waals surface area contributed by atoms with Gasteiger partial charge in [-0.15, -0.1) is 0 Å². The van der Waals surface area contributed by atoms with Crippen LogP contribution in [0.25, 0.3) is 0 Å². The maximum atomic E-state index is 14.1. The Morgan fingerprint density at radius 1 is 1.22 bits per heavy atom. The molecule has 2 aromatic carbocycles. The maximum absolute atomic E-state index is 14.1. The smallest absolute Gasteiger partial charge is 0.133 e. The molecule has 94 valence electrons. The summed E-state index contributed by atoms with van der Waals surface area (Å²) >= 11 is 5.83. The van der Waals surface area contributed by atoms with Gasteiger partial charge in [-0.2, -0.15) is 0 Å². The van der Waals surface area contributed by atoms with Gasteiger partial charge in [0.25, 0.3) is 0 Å². The molecule has 0 atom stereocenters. The lowest BCUT2D eigenvalue weighted by Gasteiger charge is -2.11. The van der Waals surface area contributed by atoms with Crippen molar-refractivity contribution in [2.45, 2.75) is 13.3 Å². The fourth-order valence-electron chi connectivity index (χ4n) is 1.80. The molecule has 18 heavy (non-hydrogen) atoms. The van der Waals surface area contributed by atoms with Crippen LogP contribution in [0.5, 0.6) is 0 Å². The minimum atomic E-state index is -0.469. The average molecular weight is 268 g/mol. The van der Waals surface area contributed by atoms with Gasteiger partial charge in [0.2, 0.25) is 0 Å². The van der Waals surface area contributed by atoms with Gasteiger partial charge in [0.1, 0.15) is 11.6 Å². The Bertz CT molecular complexity index is 597. The van der Waals surface area contributed by atoms with Crippen molar-refractivity contribution < 1.29 is 8.78 Å².